The zero-order valence-corrected chi connectivity index (χ0v) is 11.5. The number of pyridine rings is 1. The zero-order chi connectivity index (χ0) is 13.0. The third kappa shape index (κ3) is 3.65. The molecule has 0 saturated heterocycles. The summed E-state index contributed by atoms with van der Waals surface area (Å²) in [6, 6.07) is 4.54. The van der Waals surface area contributed by atoms with Gasteiger partial charge in [0.1, 0.15) is 10.8 Å². The van der Waals surface area contributed by atoms with Crippen LogP contribution in [0, 0.1) is 0 Å². The van der Waals surface area contributed by atoms with E-state index in [9.17, 15) is 0 Å². The van der Waals surface area contributed by atoms with Crippen LogP contribution < -0.4 is 11.1 Å². The smallest absolute Gasteiger partial charge is 0.126 e. The summed E-state index contributed by atoms with van der Waals surface area (Å²) < 4.78 is 0. The Balaban J connectivity index is 1.82. The van der Waals surface area contributed by atoms with E-state index in [1.807, 2.05) is 12.1 Å². The SMILES string of the molecule is CCN(CCNc1cc(C(N)=S)ccn1)C1CC1. The molecule has 0 aliphatic heterocycles. The summed E-state index contributed by atoms with van der Waals surface area (Å²) in [6.45, 7) is 5.29. The normalized spacial score (nSPS) is 14.8. The molecular formula is C13H20N4S. The lowest BCUT2D eigenvalue weighted by molar-refractivity contribution is 0.289. The number of rotatable bonds is 7. The topological polar surface area (TPSA) is 54.2 Å². The summed E-state index contributed by atoms with van der Waals surface area (Å²) in [5.41, 5.74) is 6.46. The van der Waals surface area contributed by atoms with E-state index < -0.39 is 0 Å². The van der Waals surface area contributed by atoms with Crippen LogP contribution in [0.3, 0.4) is 0 Å². The fourth-order valence-electron chi connectivity index (χ4n) is 2.05. The second-order valence-corrected chi connectivity index (χ2v) is 5.02. The molecule has 5 heteroatoms. The van der Waals surface area contributed by atoms with Gasteiger partial charge in [0.25, 0.3) is 0 Å². The number of hydrogen-bond acceptors (Lipinski definition) is 4. The van der Waals surface area contributed by atoms with Gasteiger partial charge in [0, 0.05) is 30.9 Å². The Labute approximate surface area is 114 Å². The van der Waals surface area contributed by atoms with Crippen molar-refractivity contribution in [2.24, 2.45) is 5.73 Å². The molecule has 0 atom stereocenters. The van der Waals surface area contributed by atoms with Crippen molar-refractivity contribution in [3.05, 3.63) is 23.9 Å². The Morgan fingerprint density at radius 2 is 2.39 bits per heavy atom. The van der Waals surface area contributed by atoms with Crippen molar-refractivity contribution in [3.63, 3.8) is 0 Å². The maximum absolute atomic E-state index is 5.60. The molecule has 3 N–H and O–H groups in total. The number of thiocarbonyl (C=S) groups is 1. The predicted octanol–water partition coefficient (Wildman–Crippen LogP) is 1.61. The van der Waals surface area contributed by atoms with E-state index in [-0.39, 0.29) is 0 Å². The molecule has 1 aromatic rings. The van der Waals surface area contributed by atoms with Crippen molar-refractivity contribution in [2.45, 2.75) is 25.8 Å². The van der Waals surface area contributed by atoms with E-state index in [2.05, 4.69) is 22.1 Å². The predicted molar refractivity (Wildman–Crippen MR) is 78.9 cm³/mol. The Morgan fingerprint density at radius 1 is 1.61 bits per heavy atom. The van der Waals surface area contributed by atoms with E-state index in [4.69, 9.17) is 18.0 Å². The van der Waals surface area contributed by atoms with Crippen molar-refractivity contribution < 1.29 is 0 Å². The second-order valence-electron chi connectivity index (χ2n) is 4.58. The minimum atomic E-state index is 0.411. The van der Waals surface area contributed by atoms with Gasteiger partial charge in [0.2, 0.25) is 0 Å². The number of aromatic nitrogens is 1. The van der Waals surface area contributed by atoms with E-state index in [1.165, 1.54) is 12.8 Å². The average molecular weight is 264 g/mol. The van der Waals surface area contributed by atoms with Crippen LogP contribution in [0.2, 0.25) is 0 Å². The summed E-state index contributed by atoms with van der Waals surface area (Å²) in [6.07, 6.45) is 4.43. The minimum absolute atomic E-state index is 0.411. The van der Waals surface area contributed by atoms with E-state index in [1.54, 1.807) is 6.20 Å². The van der Waals surface area contributed by atoms with Gasteiger partial charge in [-0.2, -0.15) is 0 Å². The third-order valence-corrected chi connectivity index (χ3v) is 3.45. The molecule has 1 aliphatic rings. The molecule has 0 aromatic carbocycles. The van der Waals surface area contributed by atoms with Crippen LogP contribution in [0.15, 0.2) is 18.3 Å². The number of nitrogens with zero attached hydrogens (tertiary/aromatic N) is 2. The molecule has 2 rings (SSSR count). The van der Waals surface area contributed by atoms with Crippen molar-refractivity contribution in [3.8, 4) is 0 Å². The van der Waals surface area contributed by atoms with E-state index >= 15 is 0 Å². The Bertz CT molecular complexity index is 417. The van der Waals surface area contributed by atoms with Crippen LogP contribution in [-0.2, 0) is 0 Å². The summed E-state index contributed by atoms with van der Waals surface area (Å²) in [4.78, 5) is 7.18. The van der Waals surface area contributed by atoms with Gasteiger partial charge < -0.3 is 11.1 Å². The van der Waals surface area contributed by atoms with Crippen LogP contribution in [0.25, 0.3) is 0 Å². The Morgan fingerprint density at radius 3 is 3.00 bits per heavy atom. The van der Waals surface area contributed by atoms with Crippen LogP contribution in [0.1, 0.15) is 25.3 Å². The number of nitrogens with one attached hydrogen (secondary N) is 1. The maximum atomic E-state index is 5.60. The highest BCUT2D eigenvalue weighted by atomic mass is 32.1. The first-order valence-corrected chi connectivity index (χ1v) is 6.85. The van der Waals surface area contributed by atoms with Crippen LogP contribution in [0.5, 0.6) is 0 Å². The highest BCUT2D eigenvalue weighted by molar-refractivity contribution is 7.80. The maximum Gasteiger partial charge on any atom is 0.126 e. The van der Waals surface area contributed by atoms with Crippen LogP contribution in [-0.4, -0.2) is 40.5 Å². The van der Waals surface area contributed by atoms with Crippen molar-refractivity contribution in [1.29, 1.82) is 0 Å². The van der Waals surface area contributed by atoms with Crippen molar-refractivity contribution in [2.75, 3.05) is 25.0 Å². The summed E-state index contributed by atoms with van der Waals surface area (Å²) in [5.74, 6) is 0.840. The van der Waals surface area contributed by atoms with Gasteiger partial charge in [-0.3, -0.25) is 4.90 Å². The number of likely N-dealkylation sites (N-methyl/N-ethyl adjacent to an activating group) is 1. The van der Waals surface area contributed by atoms with E-state index in [0.717, 1.165) is 37.1 Å². The molecule has 18 heavy (non-hydrogen) atoms. The van der Waals surface area contributed by atoms with Crippen molar-refractivity contribution in [1.82, 2.24) is 9.88 Å². The zero-order valence-electron chi connectivity index (χ0n) is 10.7. The summed E-state index contributed by atoms with van der Waals surface area (Å²) in [5, 5.41) is 3.32. The van der Waals surface area contributed by atoms with Gasteiger partial charge in [-0.25, -0.2) is 4.98 Å². The molecule has 98 valence electrons. The molecule has 1 heterocycles. The standard InChI is InChI=1S/C13H20N4S/c1-2-17(11-3-4-11)8-7-16-12-9-10(13(14)18)5-6-15-12/h5-6,9,11H,2-4,7-8H2,1H3,(H2,14,18)(H,15,16). The molecule has 0 spiro atoms. The first-order chi connectivity index (χ1) is 8.70. The molecule has 4 nitrogen and oxygen atoms in total. The highest BCUT2D eigenvalue weighted by Crippen LogP contribution is 2.25. The summed E-state index contributed by atoms with van der Waals surface area (Å²) in [7, 11) is 0. The average Bonchev–Trinajstić information content (AvgIpc) is 3.19. The molecule has 0 amide bonds. The Hall–Kier alpha value is -1.20. The highest BCUT2D eigenvalue weighted by Gasteiger charge is 2.27. The molecule has 0 unspecified atom stereocenters. The van der Waals surface area contributed by atoms with Crippen LogP contribution in [0.4, 0.5) is 5.82 Å². The Kier molecular flexibility index (Phi) is 4.49. The molecule has 1 aromatic heterocycles. The fourth-order valence-corrected chi connectivity index (χ4v) is 2.17. The molecule has 1 fully saturated rings. The first kappa shape index (κ1) is 13.2. The molecule has 0 radical (unpaired) electrons. The molecule has 0 bridgehead atoms. The number of anilines is 1. The first-order valence-electron chi connectivity index (χ1n) is 6.44. The second kappa shape index (κ2) is 6.11. The quantitative estimate of drug-likeness (QED) is 0.733. The third-order valence-electron chi connectivity index (χ3n) is 3.22. The molecule has 1 aliphatic carbocycles. The fraction of sp³-hybridized carbons (Fsp3) is 0.538. The lowest BCUT2D eigenvalue weighted by Gasteiger charge is -2.19. The van der Waals surface area contributed by atoms with Gasteiger partial charge in [-0.15, -0.1) is 0 Å². The minimum Gasteiger partial charge on any atom is -0.389 e. The largest absolute Gasteiger partial charge is 0.389 e. The van der Waals surface area contributed by atoms with E-state index in [0.29, 0.717) is 4.99 Å². The van der Waals surface area contributed by atoms with Crippen molar-refractivity contribution >= 4 is 23.0 Å². The van der Waals surface area contributed by atoms with Gasteiger partial charge in [0.05, 0.1) is 0 Å². The lowest BCUT2D eigenvalue weighted by atomic mass is 10.2. The number of hydrogen-bond donors (Lipinski definition) is 2. The van der Waals surface area contributed by atoms with Gasteiger partial charge in [-0.1, -0.05) is 19.1 Å². The summed E-state index contributed by atoms with van der Waals surface area (Å²) >= 11 is 4.95. The van der Waals surface area contributed by atoms with Crippen LogP contribution >= 0.6 is 12.2 Å². The van der Waals surface area contributed by atoms with Gasteiger partial charge in [-0.05, 0) is 31.5 Å². The van der Waals surface area contributed by atoms with Gasteiger partial charge >= 0.3 is 0 Å². The molecular weight excluding hydrogens is 244 g/mol. The number of nitrogens with two attached hydrogens (primary N) is 1. The molecule has 1 saturated carbocycles. The van der Waals surface area contributed by atoms with Gasteiger partial charge in [0.15, 0.2) is 0 Å². The lowest BCUT2D eigenvalue weighted by Crippen LogP contribution is -2.31. The monoisotopic (exact) mass is 264 g/mol.